The van der Waals surface area contributed by atoms with Gasteiger partial charge in [0.1, 0.15) is 5.60 Å². The van der Waals surface area contributed by atoms with Gasteiger partial charge in [0.25, 0.3) is 11.8 Å². The van der Waals surface area contributed by atoms with Gasteiger partial charge in [0.05, 0.1) is 17.8 Å². The number of amides is 3. The Labute approximate surface area is 151 Å². The highest BCUT2D eigenvalue weighted by atomic mass is 19.1. The molecule has 2 aliphatic rings. The van der Waals surface area contributed by atoms with Crippen LogP contribution in [0.15, 0.2) is 24.3 Å². The molecule has 1 aromatic rings. The van der Waals surface area contributed by atoms with E-state index in [1.165, 1.54) is 9.80 Å². The SMILES string of the molecule is CC(C)(C)OC(=O)N1CCC(N2C(=O)c3ccccc3C2=O)C(CF)C1. The molecule has 140 valence electrons. The number of alkyl halides is 1. The average molecular weight is 362 g/mol. The molecule has 6 nitrogen and oxygen atoms in total. The lowest BCUT2D eigenvalue weighted by Gasteiger charge is -2.40. The van der Waals surface area contributed by atoms with Gasteiger partial charge >= 0.3 is 6.09 Å². The number of carbonyl (C=O) groups is 3. The van der Waals surface area contributed by atoms with Crippen LogP contribution in [0.3, 0.4) is 0 Å². The number of benzene rings is 1. The molecule has 3 rings (SSSR count). The first-order chi connectivity index (χ1) is 12.2. The van der Waals surface area contributed by atoms with Crippen molar-refractivity contribution in [1.29, 1.82) is 0 Å². The molecule has 7 heteroatoms. The zero-order valence-electron chi connectivity index (χ0n) is 15.2. The van der Waals surface area contributed by atoms with Gasteiger partial charge in [0.2, 0.25) is 0 Å². The molecule has 2 aliphatic heterocycles. The first-order valence-corrected chi connectivity index (χ1v) is 8.73. The summed E-state index contributed by atoms with van der Waals surface area (Å²) in [5.74, 6) is -1.40. The highest BCUT2D eigenvalue weighted by Crippen LogP contribution is 2.31. The van der Waals surface area contributed by atoms with E-state index in [0.29, 0.717) is 24.1 Å². The van der Waals surface area contributed by atoms with Gasteiger partial charge in [-0.05, 0) is 39.3 Å². The third kappa shape index (κ3) is 3.30. The standard InChI is InChI=1S/C19H23FN2O4/c1-19(2,3)26-18(25)21-9-8-15(12(10-20)11-21)22-16(23)13-6-4-5-7-14(13)17(22)24/h4-7,12,15H,8-11H2,1-3H3. The predicted molar refractivity (Wildman–Crippen MR) is 92.6 cm³/mol. The van der Waals surface area contributed by atoms with Crippen molar-refractivity contribution in [2.75, 3.05) is 19.8 Å². The topological polar surface area (TPSA) is 66.9 Å². The Bertz CT molecular complexity index is 708. The van der Waals surface area contributed by atoms with E-state index in [2.05, 4.69) is 0 Å². The maximum Gasteiger partial charge on any atom is 0.410 e. The van der Waals surface area contributed by atoms with Crippen LogP contribution in [0.5, 0.6) is 0 Å². The number of nitrogens with zero attached hydrogens (tertiary/aromatic N) is 2. The molecule has 0 bridgehead atoms. The molecule has 0 aliphatic carbocycles. The Morgan fingerprint density at radius 2 is 1.77 bits per heavy atom. The van der Waals surface area contributed by atoms with Crippen LogP contribution in [0.1, 0.15) is 47.9 Å². The molecule has 0 spiro atoms. The molecule has 2 atom stereocenters. The molecular formula is C19H23FN2O4. The van der Waals surface area contributed by atoms with Gasteiger partial charge in [0, 0.05) is 25.0 Å². The van der Waals surface area contributed by atoms with Crippen LogP contribution < -0.4 is 0 Å². The maximum absolute atomic E-state index is 13.7. The number of piperidine rings is 1. The number of hydrogen-bond acceptors (Lipinski definition) is 4. The second-order valence-electron chi connectivity index (χ2n) is 7.72. The number of imide groups is 1. The van der Waals surface area contributed by atoms with Gasteiger partial charge in [0.15, 0.2) is 0 Å². The average Bonchev–Trinajstić information content (AvgIpc) is 2.84. The lowest BCUT2D eigenvalue weighted by atomic mass is 9.92. The van der Waals surface area contributed by atoms with Crippen LogP contribution >= 0.6 is 0 Å². The third-order valence-electron chi connectivity index (χ3n) is 4.70. The molecule has 0 radical (unpaired) electrons. The fourth-order valence-corrected chi connectivity index (χ4v) is 3.51. The predicted octanol–water partition coefficient (Wildman–Crippen LogP) is 2.88. The lowest BCUT2D eigenvalue weighted by Crippen LogP contribution is -2.55. The second-order valence-corrected chi connectivity index (χ2v) is 7.72. The third-order valence-corrected chi connectivity index (χ3v) is 4.70. The first kappa shape index (κ1) is 18.4. The number of halogens is 1. The van der Waals surface area contributed by atoms with Gasteiger partial charge in [-0.1, -0.05) is 12.1 Å². The summed E-state index contributed by atoms with van der Waals surface area (Å²) in [6.07, 6.45) is -0.170. The fraction of sp³-hybridized carbons (Fsp3) is 0.526. The molecule has 0 N–H and O–H groups in total. The number of fused-ring (bicyclic) bond motifs is 1. The minimum atomic E-state index is -0.725. The number of rotatable bonds is 2. The van der Waals surface area contributed by atoms with Crippen molar-refractivity contribution in [3.05, 3.63) is 35.4 Å². The van der Waals surface area contributed by atoms with Crippen molar-refractivity contribution in [2.24, 2.45) is 5.92 Å². The van der Waals surface area contributed by atoms with Gasteiger partial charge < -0.3 is 9.64 Å². The van der Waals surface area contributed by atoms with Crippen molar-refractivity contribution in [1.82, 2.24) is 9.80 Å². The summed E-state index contributed by atoms with van der Waals surface area (Å²) < 4.78 is 19.1. The van der Waals surface area contributed by atoms with E-state index in [-0.39, 0.29) is 18.4 Å². The van der Waals surface area contributed by atoms with Crippen molar-refractivity contribution < 1.29 is 23.5 Å². The maximum atomic E-state index is 13.7. The summed E-state index contributed by atoms with van der Waals surface area (Å²) in [5, 5.41) is 0. The van der Waals surface area contributed by atoms with Gasteiger partial charge in [-0.15, -0.1) is 0 Å². The number of carbonyl (C=O) groups excluding carboxylic acids is 3. The highest BCUT2D eigenvalue weighted by Gasteiger charge is 2.45. The number of hydrogen-bond donors (Lipinski definition) is 0. The van der Waals surface area contributed by atoms with Crippen LogP contribution in [0.4, 0.5) is 9.18 Å². The molecule has 1 fully saturated rings. The molecule has 0 saturated carbocycles. The molecule has 2 unspecified atom stereocenters. The van der Waals surface area contributed by atoms with E-state index in [1.807, 2.05) is 0 Å². The molecule has 1 aromatic carbocycles. The molecule has 3 amide bonds. The van der Waals surface area contributed by atoms with E-state index in [4.69, 9.17) is 4.74 Å². The van der Waals surface area contributed by atoms with Crippen LogP contribution in [0.2, 0.25) is 0 Å². The summed E-state index contributed by atoms with van der Waals surface area (Å²) in [4.78, 5) is 40.2. The minimum absolute atomic E-state index is 0.115. The second kappa shape index (κ2) is 6.70. The van der Waals surface area contributed by atoms with E-state index < -0.39 is 30.3 Å². The quantitative estimate of drug-likeness (QED) is 0.759. The highest BCUT2D eigenvalue weighted by molar-refractivity contribution is 6.21. The van der Waals surface area contributed by atoms with E-state index in [0.717, 1.165) is 0 Å². The van der Waals surface area contributed by atoms with Crippen molar-refractivity contribution in [3.8, 4) is 0 Å². The summed E-state index contributed by atoms with van der Waals surface area (Å²) >= 11 is 0. The molecule has 0 aromatic heterocycles. The Balaban J connectivity index is 1.76. The number of likely N-dealkylation sites (tertiary alicyclic amines) is 1. The summed E-state index contributed by atoms with van der Waals surface area (Å²) in [5.41, 5.74) is 0.0659. The molecule has 1 saturated heterocycles. The van der Waals surface area contributed by atoms with Crippen LogP contribution in [-0.4, -0.2) is 59.1 Å². The largest absolute Gasteiger partial charge is 0.444 e. The Morgan fingerprint density at radius 3 is 2.27 bits per heavy atom. The van der Waals surface area contributed by atoms with E-state index in [1.54, 1.807) is 45.0 Å². The van der Waals surface area contributed by atoms with Crippen LogP contribution in [-0.2, 0) is 4.74 Å². The molecular weight excluding hydrogens is 339 g/mol. The van der Waals surface area contributed by atoms with Crippen molar-refractivity contribution in [3.63, 3.8) is 0 Å². The fourth-order valence-electron chi connectivity index (χ4n) is 3.51. The summed E-state index contributed by atoms with van der Waals surface area (Å²) in [6, 6.07) is 6.05. The Kier molecular flexibility index (Phi) is 4.73. The monoisotopic (exact) mass is 362 g/mol. The summed E-state index contributed by atoms with van der Waals surface area (Å²) in [7, 11) is 0. The van der Waals surface area contributed by atoms with Gasteiger partial charge in [-0.2, -0.15) is 0 Å². The molecule has 26 heavy (non-hydrogen) atoms. The number of ether oxygens (including phenoxy) is 1. The lowest BCUT2D eigenvalue weighted by molar-refractivity contribution is 0.00253. The smallest absolute Gasteiger partial charge is 0.410 e. The Morgan fingerprint density at radius 1 is 1.19 bits per heavy atom. The first-order valence-electron chi connectivity index (χ1n) is 8.73. The van der Waals surface area contributed by atoms with Crippen molar-refractivity contribution in [2.45, 2.75) is 38.8 Å². The van der Waals surface area contributed by atoms with E-state index in [9.17, 15) is 18.8 Å². The van der Waals surface area contributed by atoms with Gasteiger partial charge in [-0.25, -0.2) is 4.79 Å². The normalized spacial score (nSPS) is 23.2. The van der Waals surface area contributed by atoms with Crippen LogP contribution in [0.25, 0.3) is 0 Å². The van der Waals surface area contributed by atoms with Gasteiger partial charge in [-0.3, -0.25) is 18.9 Å². The zero-order valence-corrected chi connectivity index (χ0v) is 15.2. The minimum Gasteiger partial charge on any atom is -0.444 e. The zero-order chi connectivity index (χ0) is 19.1. The van der Waals surface area contributed by atoms with E-state index >= 15 is 0 Å². The molecule has 2 heterocycles. The van der Waals surface area contributed by atoms with Crippen molar-refractivity contribution >= 4 is 17.9 Å². The summed E-state index contributed by atoms with van der Waals surface area (Å²) in [6.45, 7) is 5.00. The Hall–Kier alpha value is -2.44. The van der Waals surface area contributed by atoms with Crippen LogP contribution in [0, 0.1) is 5.92 Å².